The highest BCUT2D eigenvalue weighted by molar-refractivity contribution is 9.11. The van der Waals surface area contributed by atoms with Gasteiger partial charge in [-0.05, 0) is 44.0 Å². The molecule has 0 radical (unpaired) electrons. The Morgan fingerprint density at radius 1 is 1.31 bits per heavy atom. The maximum absolute atomic E-state index is 11.7. The van der Waals surface area contributed by atoms with Crippen LogP contribution < -0.4 is 10.2 Å². The topological polar surface area (TPSA) is 134 Å². The number of nitrogens with zero attached hydrogens (tertiary/aromatic N) is 2. The summed E-state index contributed by atoms with van der Waals surface area (Å²) in [5, 5.41) is 34.0. The lowest BCUT2D eigenvalue weighted by Gasteiger charge is -2.07. The number of benzene rings is 2. The number of para-hydroxylation sites is 2. The number of carbonyl (C=O) groups is 1. The van der Waals surface area contributed by atoms with Gasteiger partial charge in [0.2, 0.25) is 0 Å². The molecule has 0 aliphatic rings. The van der Waals surface area contributed by atoms with E-state index < -0.39 is 17.4 Å². The van der Waals surface area contributed by atoms with Crippen molar-refractivity contribution in [3.8, 4) is 17.2 Å². The highest BCUT2D eigenvalue weighted by atomic mass is 79.9. The van der Waals surface area contributed by atoms with Gasteiger partial charge >= 0.3 is 5.69 Å². The smallest absolute Gasteiger partial charge is 0.310 e. The van der Waals surface area contributed by atoms with E-state index in [2.05, 4.69) is 42.4 Å². The lowest BCUT2D eigenvalue weighted by molar-refractivity contribution is -0.385. The van der Waals surface area contributed by atoms with E-state index in [9.17, 15) is 25.1 Å². The van der Waals surface area contributed by atoms with Gasteiger partial charge in [-0.1, -0.05) is 12.1 Å². The molecule has 0 bridgehead atoms. The summed E-state index contributed by atoms with van der Waals surface area (Å²) in [6, 6.07) is 7.05. The van der Waals surface area contributed by atoms with Crippen molar-refractivity contribution in [3.05, 3.63) is 55.0 Å². The van der Waals surface area contributed by atoms with Gasteiger partial charge in [-0.15, -0.1) is 0 Å². The number of phenols is 2. The van der Waals surface area contributed by atoms with Gasteiger partial charge < -0.3 is 14.9 Å². The van der Waals surface area contributed by atoms with Crippen molar-refractivity contribution in [3.63, 3.8) is 0 Å². The first-order valence-corrected chi connectivity index (χ1v) is 8.48. The Hall–Kier alpha value is -2.66. The summed E-state index contributed by atoms with van der Waals surface area (Å²) in [4.78, 5) is 22.0. The quantitative estimate of drug-likeness (QED) is 0.325. The van der Waals surface area contributed by atoms with Crippen LogP contribution in [0.4, 0.5) is 5.69 Å². The number of nitro groups is 1. The SMILES string of the molecule is O=C(COc1ccccc1[N+](=O)[O-])NN=Cc1cc(Br)c(O)c(Br)c1O. The normalized spacial score (nSPS) is 10.7. The summed E-state index contributed by atoms with van der Waals surface area (Å²) < 4.78 is 5.50. The predicted molar refractivity (Wildman–Crippen MR) is 99.5 cm³/mol. The number of halogens is 2. The third-order valence-corrected chi connectivity index (χ3v) is 4.37. The minimum absolute atomic E-state index is 0.0410. The number of nitro benzene ring substituents is 1. The summed E-state index contributed by atoms with van der Waals surface area (Å²) >= 11 is 6.12. The van der Waals surface area contributed by atoms with Gasteiger partial charge in [0.15, 0.2) is 12.4 Å². The van der Waals surface area contributed by atoms with Crippen LogP contribution in [0.25, 0.3) is 0 Å². The summed E-state index contributed by atoms with van der Waals surface area (Å²) in [5.74, 6) is -1.14. The molecule has 3 N–H and O–H groups in total. The van der Waals surface area contributed by atoms with Gasteiger partial charge in [-0.2, -0.15) is 5.10 Å². The van der Waals surface area contributed by atoms with Crippen molar-refractivity contribution in [1.29, 1.82) is 0 Å². The highest BCUT2D eigenvalue weighted by Gasteiger charge is 2.15. The number of carbonyl (C=O) groups excluding carboxylic acids is 1. The standard InChI is InChI=1S/C15H11Br2N3O6/c16-9-5-8(14(22)13(17)15(9)23)6-18-19-12(21)7-26-11-4-2-1-3-10(11)20(24)25/h1-6,22-23H,7H2,(H,19,21). The number of aromatic hydroxyl groups is 2. The number of hydrogen-bond acceptors (Lipinski definition) is 7. The third-order valence-electron chi connectivity index (χ3n) is 3.01. The van der Waals surface area contributed by atoms with Crippen molar-refractivity contribution in [2.45, 2.75) is 0 Å². The molecule has 26 heavy (non-hydrogen) atoms. The molecule has 0 spiro atoms. The first kappa shape index (κ1) is 19.7. The highest BCUT2D eigenvalue weighted by Crippen LogP contribution is 2.40. The van der Waals surface area contributed by atoms with Crippen molar-refractivity contribution in [2.75, 3.05) is 6.61 Å². The van der Waals surface area contributed by atoms with E-state index in [0.717, 1.165) is 6.21 Å². The Balaban J connectivity index is 1.98. The van der Waals surface area contributed by atoms with Gasteiger partial charge in [0.1, 0.15) is 16.0 Å². The molecule has 0 fully saturated rings. The Labute approximate surface area is 163 Å². The second kappa shape index (κ2) is 8.63. The first-order chi connectivity index (χ1) is 12.3. The monoisotopic (exact) mass is 487 g/mol. The van der Waals surface area contributed by atoms with Gasteiger partial charge in [-0.3, -0.25) is 14.9 Å². The van der Waals surface area contributed by atoms with Crippen LogP contribution in [-0.2, 0) is 4.79 Å². The number of nitrogens with one attached hydrogen (secondary N) is 1. The minimum atomic E-state index is -0.657. The number of ether oxygens (including phenoxy) is 1. The summed E-state index contributed by atoms with van der Waals surface area (Å²) in [6.07, 6.45) is 1.16. The number of amides is 1. The van der Waals surface area contributed by atoms with Crippen LogP contribution in [-0.4, -0.2) is 33.9 Å². The van der Waals surface area contributed by atoms with Crippen molar-refractivity contribution in [1.82, 2.24) is 5.43 Å². The van der Waals surface area contributed by atoms with E-state index >= 15 is 0 Å². The molecule has 2 aromatic rings. The molecule has 0 saturated carbocycles. The summed E-state index contributed by atoms with van der Waals surface area (Å²) in [5.41, 5.74) is 2.13. The molecule has 0 heterocycles. The number of phenolic OH excluding ortho intramolecular Hbond substituents is 2. The fourth-order valence-electron chi connectivity index (χ4n) is 1.79. The van der Waals surface area contributed by atoms with E-state index in [1.54, 1.807) is 6.07 Å². The largest absolute Gasteiger partial charge is 0.506 e. The zero-order chi connectivity index (χ0) is 19.3. The van der Waals surface area contributed by atoms with Gasteiger partial charge in [0.05, 0.1) is 15.6 Å². The molecule has 9 nitrogen and oxygen atoms in total. The van der Waals surface area contributed by atoms with Crippen LogP contribution in [0, 0.1) is 10.1 Å². The van der Waals surface area contributed by atoms with E-state index in [0.29, 0.717) is 4.47 Å². The maximum atomic E-state index is 11.7. The van der Waals surface area contributed by atoms with Crippen LogP contribution in [0.3, 0.4) is 0 Å². The van der Waals surface area contributed by atoms with E-state index in [1.165, 1.54) is 24.3 Å². The zero-order valence-corrected chi connectivity index (χ0v) is 16.0. The maximum Gasteiger partial charge on any atom is 0.310 e. The molecule has 1 amide bonds. The molecule has 0 saturated heterocycles. The molecular weight excluding hydrogens is 478 g/mol. The Morgan fingerprint density at radius 3 is 2.69 bits per heavy atom. The van der Waals surface area contributed by atoms with Crippen molar-refractivity contribution in [2.24, 2.45) is 5.10 Å². The van der Waals surface area contributed by atoms with Crippen LogP contribution in [0.15, 0.2) is 44.4 Å². The first-order valence-electron chi connectivity index (χ1n) is 6.89. The molecule has 11 heteroatoms. The van der Waals surface area contributed by atoms with Gasteiger partial charge in [0.25, 0.3) is 5.91 Å². The Kier molecular flexibility index (Phi) is 6.52. The lowest BCUT2D eigenvalue weighted by Crippen LogP contribution is -2.24. The molecule has 0 aliphatic carbocycles. The van der Waals surface area contributed by atoms with E-state index in [4.69, 9.17) is 4.74 Å². The predicted octanol–water partition coefficient (Wildman–Crippen LogP) is 3.06. The fraction of sp³-hybridized carbons (Fsp3) is 0.0667. The van der Waals surface area contributed by atoms with Gasteiger partial charge in [-0.25, -0.2) is 5.43 Å². The molecule has 0 aliphatic heterocycles. The summed E-state index contributed by atoms with van der Waals surface area (Å²) in [7, 11) is 0. The average Bonchev–Trinajstić information content (AvgIpc) is 2.62. The Bertz CT molecular complexity index is 888. The summed E-state index contributed by atoms with van der Waals surface area (Å²) in [6.45, 7) is -0.489. The fourth-order valence-corrected chi connectivity index (χ4v) is 2.95. The van der Waals surface area contributed by atoms with Crippen LogP contribution in [0.5, 0.6) is 17.2 Å². The molecule has 136 valence electrons. The number of hydrogen-bond donors (Lipinski definition) is 3. The second-order valence-electron chi connectivity index (χ2n) is 4.77. The zero-order valence-electron chi connectivity index (χ0n) is 12.8. The molecule has 0 atom stereocenters. The van der Waals surface area contributed by atoms with Gasteiger partial charge in [0, 0.05) is 11.6 Å². The third kappa shape index (κ3) is 4.70. The number of rotatable bonds is 6. The van der Waals surface area contributed by atoms with Crippen LogP contribution >= 0.6 is 31.9 Å². The minimum Gasteiger partial charge on any atom is -0.506 e. The molecule has 0 aromatic heterocycles. The number of hydrazone groups is 1. The molecule has 0 unspecified atom stereocenters. The van der Waals surface area contributed by atoms with Crippen molar-refractivity contribution >= 4 is 49.7 Å². The Morgan fingerprint density at radius 2 is 2.00 bits per heavy atom. The lowest BCUT2D eigenvalue weighted by atomic mass is 10.2. The molecule has 2 rings (SSSR count). The van der Waals surface area contributed by atoms with Crippen LogP contribution in [0.1, 0.15) is 5.56 Å². The van der Waals surface area contributed by atoms with Crippen LogP contribution in [0.2, 0.25) is 0 Å². The van der Waals surface area contributed by atoms with E-state index in [-0.39, 0.29) is 33.0 Å². The average molecular weight is 489 g/mol. The second-order valence-corrected chi connectivity index (χ2v) is 6.41. The van der Waals surface area contributed by atoms with E-state index in [1.807, 2.05) is 0 Å². The van der Waals surface area contributed by atoms with Crippen molar-refractivity contribution < 1.29 is 24.7 Å². The molecule has 2 aromatic carbocycles. The molecular formula is C15H11Br2N3O6.